The lowest BCUT2D eigenvalue weighted by Gasteiger charge is -2.19. The van der Waals surface area contributed by atoms with E-state index in [2.05, 4.69) is 60.4 Å². The summed E-state index contributed by atoms with van der Waals surface area (Å²) in [4.78, 5) is 0. The van der Waals surface area contributed by atoms with Gasteiger partial charge in [0, 0.05) is 0 Å². The Morgan fingerprint density at radius 3 is 1.37 bits per heavy atom. The highest BCUT2D eigenvalue weighted by Gasteiger charge is 2.17. The van der Waals surface area contributed by atoms with Gasteiger partial charge >= 0.3 is 0 Å². The van der Waals surface area contributed by atoms with E-state index in [-0.39, 0.29) is 0 Å². The smallest absolute Gasteiger partial charge is 0.145 e. The van der Waals surface area contributed by atoms with Gasteiger partial charge in [0.05, 0.1) is 0 Å². The molecule has 1 nitrogen and oxygen atoms in total. The van der Waals surface area contributed by atoms with Gasteiger partial charge in [-0.3, -0.25) is 0 Å². The van der Waals surface area contributed by atoms with E-state index < -0.39 is 12.2 Å². The lowest BCUT2D eigenvalue weighted by molar-refractivity contribution is 0.0517. The van der Waals surface area contributed by atoms with E-state index in [0.29, 0.717) is 0 Å². The van der Waals surface area contributed by atoms with Gasteiger partial charge in [-0.1, -0.05) is 84.6 Å². The number of fused-ring (bicyclic) bond motifs is 2. The van der Waals surface area contributed by atoms with Crippen LogP contribution in [0.15, 0.2) is 84.9 Å². The van der Waals surface area contributed by atoms with Crippen LogP contribution in [0.25, 0.3) is 21.5 Å². The van der Waals surface area contributed by atoms with Crippen LogP contribution in [0.5, 0.6) is 0 Å². The average Bonchev–Trinajstić information content (AvgIpc) is 2.74. The van der Waals surface area contributed by atoms with Gasteiger partial charge in [-0.15, -0.1) is 12.8 Å². The van der Waals surface area contributed by atoms with Crippen molar-refractivity contribution in [2.45, 2.75) is 12.2 Å². The molecule has 2 unspecified atom stereocenters. The highest BCUT2D eigenvalue weighted by molar-refractivity contribution is 5.84. The Hall–Kier alpha value is -3.52. The van der Waals surface area contributed by atoms with Gasteiger partial charge in [0.1, 0.15) is 12.2 Å². The molecule has 0 bridgehead atoms. The second-order valence-electron chi connectivity index (χ2n) is 6.44. The molecule has 0 aliphatic heterocycles. The Bertz CT molecular complexity index is 1090. The zero-order valence-corrected chi connectivity index (χ0v) is 14.8. The van der Waals surface area contributed by atoms with Crippen molar-refractivity contribution in [3.63, 3.8) is 0 Å². The van der Waals surface area contributed by atoms with Gasteiger partial charge in [-0.2, -0.15) is 0 Å². The summed E-state index contributed by atoms with van der Waals surface area (Å²) in [5, 5.41) is 4.59. The van der Waals surface area contributed by atoms with Gasteiger partial charge in [0.2, 0.25) is 0 Å². The molecule has 4 rings (SSSR count). The van der Waals surface area contributed by atoms with Crippen molar-refractivity contribution in [1.82, 2.24) is 0 Å². The molecule has 0 saturated carbocycles. The highest BCUT2D eigenvalue weighted by atomic mass is 16.5. The number of terminal acetylenes is 2. The zero-order valence-electron chi connectivity index (χ0n) is 14.8. The molecule has 128 valence electrons. The van der Waals surface area contributed by atoms with E-state index in [0.717, 1.165) is 21.9 Å². The molecular weight excluding hydrogens is 328 g/mol. The molecule has 27 heavy (non-hydrogen) atoms. The topological polar surface area (TPSA) is 9.23 Å². The molecule has 1 heteroatoms. The molecular formula is C26H18O. The summed E-state index contributed by atoms with van der Waals surface area (Å²) in [5.74, 6) is 5.47. The number of benzene rings is 4. The molecule has 0 radical (unpaired) electrons. The van der Waals surface area contributed by atoms with Crippen molar-refractivity contribution < 1.29 is 4.74 Å². The average molecular weight is 346 g/mol. The molecule has 4 aromatic carbocycles. The van der Waals surface area contributed by atoms with Crippen molar-refractivity contribution in [3.8, 4) is 24.7 Å². The Morgan fingerprint density at radius 1 is 0.556 bits per heavy atom. The van der Waals surface area contributed by atoms with Crippen LogP contribution in [0.1, 0.15) is 23.3 Å². The first-order valence-corrected chi connectivity index (χ1v) is 8.83. The summed E-state index contributed by atoms with van der Waals surface area (Å²) in [7, 11) is 0. The summed E-state index contributed by atoms with van der Waals surface area (Å²) in [6.45, 7) is 0. The van der Waals surface area contributed by atoms with E-state index in [1.165, 1.54) is 10.8 Å². The van der Waals surface area contributed by atoms with E-state index in [9.17, 15) is 0 Å². The van der Waals surface area contributed by atoms with Crippen LogP contribution >= 0.6 is 0 Å². The van der Waals surface area contributed by atoms with E-state index >= 15 is 0 Å². The molecule has 0 aliphatic carbocycles. The van der Waals surface area contributed by atoms with Crippen LogP contribution < -0.4 is 0 Å². The standard InChI is InChI=1S/C26H18O/c1-3-25(23-15-13-19-9-5-7-11-21(19)17-23)27-26(4-2)24-16-14-20-10-6-8-12-22(20)18-24/h1-2,5-18,25-26H. The Kier molecular flexibility index (Phi) is 4.63. The maximum atomic E-state index is 6.15. The maximum absolute atomic E-state index is 6.15. The third kappa shape index (κ3) is 3.42. The fraction of sp³-hybridized carbons (Fsp3) is 0.0769. The van der Waals surface area contributed by atoms with Crippen molar-refractivity contribution in [2.24, 2.45) is 0 Å². The molecule has 0 fully saturated rings. The van der Waals surface area contributed by atoms with Gasteiger partial charge < -0.3 is 4.74 Å². The van der Waals surface area contributed by atoms with Gasteiger partial charge in [0.25, 0.3) is 0 Å². The van der Waals surface area contributed by atoms with Gasteiger partial charge in [0.15, 0.2) is 0 Å². The first kappa shape index (κ1) is 16.9. The number of ether oxygens (including phenoxy) is 1. The largest absolute Gasteiger partial charge is 0.340 e. The lowest BCUT2D eigenvalue weighted by atomic mass is 10.0. The minimum absolute atomic E-state index is 0.512. The van der Waals surface area contributed by atoms with Crippen molar-refractivity contribution >= 4 is 21.5 Å². The van der Waals surface area contributed by atoms with Crippen LogP contribution in [0.2, 0.25) is 0 Å². The predicted molar refractivity (Wildman–Crippen MR) is 112 cm³/mol. The maximum Gasteiger partial charge on any atom is 0.145 e. The second-order valence-corrected chi connectivity index (χ2v) is 6.44. The van der Waals surface area contributed by atoms with E-state index in [1.54, 1.807) is 0 Å². The van der Waals surface area contributed by atoms with Crippen LogP contribution in [0.4, 0.5) is 0 Å². The minimum Gasteiger partial charge on any atom is -0.340 e. The highest BCUT2D eigenvalue weighted by Crippen LogP contribution is 2.29. The minimum atomic E-state index is -0.512. The molecule has 4 aromatic rings. The Balaban J connectivity index is 1.65. The number of hydrogen-bond acceptors (Lipinski definition) is 1. The third-order valence-electron chi connectivity index (χ3n) is 4.73. The van der Waals surface area contributed by atoms with E-state index in [1.807, 2.05) is 36.4 Å². The molecule has 0 spiro atoms. The van der Waals surface area contributed by atoms with E-state index in [4.69, 9.17) is 17.6 Å². The van der Waals surface area contributed by atoms with Crippen molar-refractivity contribution in [1.29, 1.82) is 0 Å². The molecule has 0 heterocycles. The second kappa shape index (κ2) is 7.38. The quantitative estimate of drug-likeness (QED) is 0.408. The van der Waals surface area contributed by atoms with Crippen molar-refractivity contribution in [3.05, 3.63) is 96.1 Å². The molecule has 0 N–H and O–H groups in total. The molecule has 0 amide bonds. The monoisotopic (exact) mass is 346 g/mol. The zero-order chi connectivity index (χ0) is 18.6. The first-order chi connectivity index (χ1) is 13.3. The number of hydrogen-bond donors (Lipinski definition) is 0. The predicted octanol–water partition coefficient (Wildman–Crippen LogP) is 6.06. The van der Waals surface area contributed by atoms with Gasteiger partial charge in [-0.25, -0.2) is 0 Å². The normalized spacial score (nSPS) is 13.0. The fourth-order valence-corrected chi connectivity index (χ4v) is 3.31. The summed E-state index contributed by atoms with van der Waals surface area (Å²) >= 11 is 0. The Morgan fingerprint density at radius 2 is 0.963 bits per heavy atom. The molecule has 0 aromatic heterocycles. The molecule has 2 atom stereocenters. The number of rotatable bonds is 4. The summed E-state index contributed by atoms with van der Waals surface area (Å²) in [6, 6.07) is 28.6. The van der Waals surface area contributed by atoms with Gasteiger partial charge in [-0.05, 0) is 44.8 Å². The summed E-state index contributed by atoms with van der Waals surface area (Å²) in [5.41, 5.74) is 1.86. The SMILES string of the molecule is C#CC(OC(C#C)c1ccc2ccccc2c1)c1ccc2ccccc2c1. The Labute approximate surface area is 159 Å². The fourth-order valence-electron chi connectivity index (χ4n) is 3.31. The summed E-state index contributed by atoms with van der Waals surface area (Å²) in [6.07, 6.45) is 10.5. The lowest BCUT2D eigenvalue weighted by Crippen LogP contribution is -2.08. The van der Waals surface area contributed by atoms with Crippen molar-refractivity contribution in [2.75, 3.05) is 0 Å². The molecule has 0 saturated heterocycles. The summed E-state index contributed by atoms with van der Waals surface area (Å²) < 4.78 is 6.15. The first-order valence-electron chi connectivity index (χ1n) is 8.83. The van der Waals surface area contributed by atoms with Crippen LogP contribution in [0.3, 0.4) is 0 Å². The van der Waals surface area contributed by atoms with Crippen LogP contribution in [-0.4, -0.2) is 0 Å². The third-order valence-corrected chi connectivity index (χ3v) is 4.73. The molecule has 0 aliphatic rings. The van der Waals surface area contributed by atoms with Crippen LogP contribution in [-0.2, 0) is 4.74 Å². The van der Waals surface area contributed by atoms with Crippen LogP contribution in [0, 0.1) is 24.7 Å².